The minimum Gasteiger partial charge on any atom is -0.308 e. The molecule has 5 nitrogen and oxygen atoms in total. The quantitative estimate of drug-likeness (QED) is 0.854. The number of rotatable bonds is 4. The van der Waals surface area contributed by atoms with Crippen LogP contribution in [0.2, 0.25) is 0 Å². The molecule has 2 rings (SSSR count). The van der Waals surface area contributed by atoms with Crippen molar-refractivity contribution in [2.45, 2.75) is 39.8 Å². The van der Waals surface area contributed by atoms with E-state index >= 15 is 0 Å². The van der Waals surface area contributed by atoms with Crippen molar-refractivity contribution in [1.82, 2.24) is 25.1 Å². The third-order valence-corrected chi connectivity index (χ3v) is 3.30. The molecule has 0 aromatic carbocycles. The summed E-state index contributed by atoms with van der Waals surface area (Å²) in [5.74, 6) is 0.844. The summed E-state index contributed by atoms with van der Waals surface area (Å²) in [6.45, 7) is 7.06. The van der Waals surface area contributed by atoms with Gasteiger partial charge in [-0.05, 0) is 20.3 Å². The standard InChI is InChI=1S/C9H15N5S/c1-4-6(2)10-5-8-13-14-7(3)11-12-9(14)15-8/h6,10H,4-5H2,1-3H3. The Balaban J connectivity index is 2.09. The van der Waals surface area contributed by atoms with Gasteiger partial charge in [0.15, 0.2) is 5.82 Å². The van der Waals surface area contributed by atoms with E-state index in [1.807, 2.05) is 6.92 Å². The molecule has 2 aromatic rings. The first kappa shape index (κ1) is 10.5. The van der Waals surface area contributed by atoms with E-state index in [9.17, 15) is 0 Å². The van der Waals surface area contributed by atoms with Crippen molar-refractivity contribution in [2.75, 3.05) is 0 Å². The van der Waals surface area contributed by atoms with Gasteiger partial charge in [0, 0.05) is 12.6 Å². The van der Waals surface area contributed by atoms with Crippen LogP contribution in [0.3, 0.4) is 0 Å². The lowest BCUT2D eigenvalue weighted by Gasteiger charge is -2.08. The number of fused-ring (bicyclic) bond motifs is 1. The number of hydrogen-bond acceptors (Lipinski definition) is 5. The van der Waals surface area contributed by atoms with Gasteiger partial charge >= 0.3 is 0 Å². The highest BCUT2D eigenvalue weighted by molar-refractivity contribution is 7.16. The Morgan fingerprint density at radius 2 is 2.27 bits per heavy atom. The van der Waals surface area contributed by atoms with E-state index in [1.54, 1.807) is 15.9 Å². The summed E-state index contributed by atoms with van der Waals surface area (Å²) in [6, 6.07) is 0.528. The number of aromatic nitrogens is 4. The highest BCUT2D eigenvalue weighted by Crippen LogP contribution is 2.13. The first-order valence-corrected chi connectivity index (χ1v) is 5.93. The lowest BCUT2D eigenvalue weighted by atomic mass is 10.3. The zero-order chi connectivity index (χ0) is 10.8. The molecule has 0 saturated carbocycles. The molecule has 82 valence electrons. The summed E-state index contributed by atoms with van der Waals surface area (Å²) >= 11 is 1.59. The van der Waals surface area contributed by atoms with Crippen molar-refractivity contribution < 1.29 is 0 Å². The molecule has 2 heterocycles. The second-order valence-electron chi connectivity index (χ2n) is 3.63. The third kappa shape index (κ3) is 2.15. The van der Waals surface area contributed by atoms with Crippen molar-refractivity contribution >= 4 is 16.3 Å². The Labute approximate surface area is 92.5 Å². The molecule has 0 fully saturated rings. The zero-order valence-corrected chi connectivity index (χ0v) is 10.0. The predicted octanol–water partition coefficient (Wildman–Crippen LogP) is 1.38. The van der Waals surface area contributed by atoms with Crippen LogP contribution < -0.4 is 5.32 Å². The molecule has 1 atom stereocenters. The Kier molecular flexibility index (Phi) is 2.97. The third-order valence-electron chi connectivity index (χ3n) is 2.40. The summed E-state index contributed by atoms with van der Waals surface area (Å²) in [6.07, 6.45) is 1.13. The number of aryl methyl sites for hydroxylation is 1. The highest BCUT2D eigenvalue weighted by atomic mass is 32.1. The molecule has 0 aliphatic rings. The Morgan fingerprint density at radius 3 is 2.93 bits per heavy atom. The second kappa shape index (κ2) is 4.24. The van der Waals surface area contributed by atoms with Gasteiger partial charge in [-0.15, -0.1) is 10.2 Å². The van der Waals surface area contributed by atoms with E-state index in [2.05, 4.69) is 34.5 Å². The largest absolute Gasteiger partial charge is 0.308 e. The smallest absolute Gasteiger partial charge is 0.234 e. The van der Waals surface area contributed by atoms with Gasteiger partial charge in [-0.1, -0.05) is 18.3 Å². The molecular weight excluding hydrogens is 210 g/mol. The van der Waals surface area contributed by atoms with Gasteiger partial charge in [-0.2, -0.15) is 9.61 Å². The van der Waals surface area contributed by atoms with Crippen LogP contribution in [-0.2, 0) is 6.54 Å². The van der Waals surface area contributed by atoms with Crippen LogP contribution in [0.15, 0.2) is 0 Å². The van der Waals surface area contributed by atoms with E-state index in [1.165, 1.54) is 0 Å². The van der Waals surface area contributed by atoms with Gasteiger partial charge < -0.3 is 5.32 Å². The van der Waals surface area contributed by atoms with Crippen LogP contribution in [0.5, 0.6) is 0 Å². The van der Waals surface area contributed by atoms with E-state index in [0.717, 1.165) is 28.8 Å². The number of nitrogens with zero attached hydrogens (tertiary/aromatic N) is 4. The van der Waals surface area contributed by atoms with Gasteiger partial charge in [-0.3, -0.25) is 0 Å². The van der Waals surface area contributed by atoms with Gasteiger partial charge in [0.2, 0.25) is 4.96 Å². The first-order chi connectivity index (χ1) is 7.20. The Bertz CT molecular complexity index is 446. The summed E-state index contributed by atoms with van der Waals surface area (Å²) in [7, 11) is 0. The Hall–Kier alpha value is -1.01. The molecular formula is C9H15N5S. The van der Waals surface area contributed by atoms with Crippen molar-refractivity contribution in [3.8, 4) is 0 Å². The van der Waals surface area contributed by atoms with Crippen molar-refractivity contribution in [1.29, 1.82) is 0 Å². The highest BCUT2D eigenvalue weighted by Gasteiger charge is 2.08. The molecule has 6 heteroatoms. The maximum Gasteiger partial charge on any atom is 0.234 e. The van der Waals surface area contributed by atoms with Crippen molar-refractivity contribution in [2.24, 2.45) is 0 Å². The van der Waals surface area contributed by atoms with Crippen molar-refractivity contribution in [3.63, 3.8) is 0 Å². The SMILES string of the molecule is CCC(C)NCc1nn2c(C)nnc2s1. The maximum atomic E-state index is 4.43. The van der Waals surface area contributed by atoms with Crippen LogP contribution in [0.4, 0.5) is 0 Å². The summed E-state index contributed by atoms with van der Waals surface area (Å²) in [5, 5.41) is 16.9. The molecule has 0 saturated heterocycles. The fourth-order valence-corrected chi connectivity index (χ4v) is 2.06. The van der Waals surface area contributed by atoms with E-state index in [4.69, 9.17) is 0 Å². The molecule has 0 spiro atoms. The number of nitrogens with one attached hydrogen (secondary N) is 1. The second-order valence-corrected chi connectivity index (χ2v) is 4.67. The molecule has 0 bridgehead atoms. The molecule has 0 amide bonds. The van der Waals surface area contributed by atoms with E-state index in [-0.39, 0.29) is 0 Å². The monoisotopic (exact) mass is 225 g/mol. The van der Waals surface area contributed by atoms with E-state index < -0.39 is 0 Å². The molecule has 1 N–H and O–H groups in total. The van der Waals surface area contributed by atoms with E-state index in [0.29, 0.717) is 6.04 Å². The molecule has 0 aliphatic carbocycles. The summed E-state index contributed by atoms with van der Waals surface area (Å²) in [5.41, 5.74) is 0. The van der Waals surface area contributed by atoms with Crippen LogP contribution in [0.25, 0.3) is 4.96 Å². The van der Waals surface area contributed by atoms with Crippen LogP contribution in [-0.4, -0.2) is 25.9 Å². The Morgan fingerprint density at radius 1 is 1.47 bits per heavy atom. The lowest BCUT2D eigenvalue weighted by Crippen LogP contribution is -2.24. The van der Waals surface area contributed by atoms with Crippen molar-refractivity contribution in [3.05, 3.63) is 10.8 Å². The average molecular weight is 225 g/mol. The molecule has 0 radical (unpaired) electrons. The number of hydrogen-bond donors (Lipinski definition) is 1. The zero-order valence-electron chi connectivity index (χ0n) is 9.19. The normalized spacial score (nSPS) is 13.5. The van der Waals surface area contributed by atoms with Gasteiger partial charge in [0.25, 0.3) is 0 Å². The summed E-state index contributed by atoms with van der Waals surface area (Å²) in [4.78, 5) is 0.869. The van der Waals surface area contributed by atoms with Crippen LogP contribution in [0, 0.1) is 6.92 Å². The van der Waals surface area contributed by atoms with Gasteiger partial charge in [-0.25, -0.2) is 0 Å². The molecule has 15 heavy (non-hydrogen) atoms. The average Bonchev–Trinajstić information content (AvgIpc) is 2.78. The van der Waals surface area contributed by atoms with Gasteiger partial charge in [0.05, 0.1) is 0 Å². The van der Waals surface area contributed by atoms with Crippen LogP contribution in [0.1, 0.15) is 31.1 Å². The van der Waals surface area contributed by atoms with Crippen LogP contribution >= 0.6 is 11.3 Å². The molecule has 0 aliphatic heterocycles. The fraction of sp³-hybridized carbons (Fsp3) is 0.667. The predicted molar refractivity (Wildman–Crippen MR) is 60.0 cm³/mol. The minimum absolute atomic E-state index is 0.528. The van der Waals surface area contributed by atoms with Gasteiger partial charge in [0.1, 0.15) is 5.01 Å². The topological polar surface area (TPSA) is 55.1 Å². The minimum atomic E-state index is 0.528. The maximum absolute atomic E-state index is 4.43. The fourth-order valence-electron chi connectivity index (χ4n) is 1.23. The molecule has 1 unspecified atom stereocenters. The lowest BCUT2D eigenvalue weighted by molar-refractivity contribution is 0.530. The first-order valence-electron chi connectivity index (χ1n) is 5.11. The summed E-state index contributed by atoms with van der Waals surface area (Å²) < 4.78 is 1.79. The molecule has 2 aromatic heterocycles.